The maximum absolute atomic E-state index is 3.61. The van der Waals surface area contributed by atoms with Crippen molar-refractivity contribution in [3.63, 3.8) is 0 Å². The molecule has 82 valence electrons. The van der Waals surface area contributed by atoms with Crippen molar-refractivity contribution in [2.45, 2.75) is 31.8 Å². The van der Waals surface area contributed by atoms with Gasteiger partial charge >= 0.3 is 0 Å². The predicted molar refractivity (Wildman–Crippen MR) is 59.6 cm³/mol. The Morgan fingerprint density at radius 1 is 1.21 bits per heavy atom. The lowest BCUT2D eigenvalue weighted by Gasteiger charge is -2.38. The van der Waals surface area contributed by atoms with Gasteiger partial charge in [-0.25, -0.2) is 0 Å². The molecule has 0 spiro atoms. The van der Waals surface area contributed by atoms with Crippen molar-refractivity contribution in [3.8, 4) is 0 Å². The van der Waals surface area contributed by atoms with Crippen LogP contribution in [0.25, 0.3) is 0 Å². The predicted octanol–water partition coefficient (Wildman–Crippen LogP) is 0.374. The fourth-order valence-electron chi connectivity index (χ4n) is 2.61. The second-order valence-electron chi connectivity index (χ2n) is 4.78. The van der Waals surface area contributed by atoms with Crippen LogP contribution in [-0.4, -0.2) is 61.7 Å². The summed E-state index contributed by atoms with van der Waals surface area (Å²) in [6, 6.07) is 1.48. The largest absolute Gasteiger partial charge is 0.312 e. The molecule has 0 aromatic carbocycles. The monoisotopic (exact) mass is 197 g/mol. The molecule has 2 fully saturated rings. The maximum atomic E-state index is 3.61. The van der Waals surface area contributed by atoms with E-state index in [1.54, 1.807) is 0 Å². The average Bonchev–Trinajstić information content (AvgIpc) is 2.71. The number of piperazine rings is 1. The molecule has 0 aromatic heterocycles. The molecule has 0 aromatic rings. The molecule has 0 radical (unpaired) electrons. The van der Waals surface area contributed by atoms with E-state index in [2.05, 4.69) is 29.1 Å². The van der Waals surface area contributed by atoms with Crippen LogP contribution in [-0.2, 0) is 0 Å². The van der Waals surface area contributed by atoms with E-state index in [-0.39, 0.29) is 0 Å². The number of likely N-dealkylation sites (N-methyl/N-ethyl adjacent to an activating group) is 1. The molecular formula is C11H23N3. The lowest BCUT2D eigenvalue weighted by atomic mass is 10.1. The summed E-state index contributed by atoms with van der Waals surface area (Å²) in [6.07, 6.45) is 2.73. The van der Waals surface area contributed by atoms with E-state index in [0.717, 1.165) is 12.1 Å². The average molecular weight is 197 g/mol. The minimum Gasteiger partial charge on any atom is -0.312 e. The SMILES string of the molecule is CC(C1CCCN1)N1CCN(C)CC1. The molecule has 0 amide bonds. The molecule has 3 heteroatoms. The van der Waals surface area contributed by atoms with E-state index in [9.17, 15) is 0 Å². The standard InChI is InChI=1S/C11H23N3/c1-10(11-4-3-5-12-11)14-8-6-13(2)7-9-14/h10-12H,3-9H2,1-2H3. The molecule has 14 heavy (non-hydrogen) atoms. The van der Waals surface area contributed by atoms with Crippen LogP contribution in [0.5, 0.6) is 0 Å². The molecule has 2 aliphatic heterocycles. The number of rotatable bonds is 2. The van der Waals surface area contributed by atoms with Crippen LogP contribution in [0, 0.1) is 0 Å². The molecule has 2 saturated heterocycles. The Balaban J connectivity index is 1.82. The summed E-state index contributed by atoms with van der Waals surface area (Å²) in [5, 5.41) is 3.61. The van der Waals surface area contributed by atoms with E-state index >= 15 is 0 Å². The highest BCUT2D eigenvalue weighted by Gasteiger charge is 2.27. The van der Waals surface area contributed by atoms with Crippen LogP contribution in [0.2, 0.25) is 0 Å². The van der Waals surface area contributed by atoms with Crippen LogP contribution in [0.15, 0.2) is 0 Å². The summed E-state index contributed by atoms with van der Waals surface area (Å²) in [5.74, 6) is 0. The zero-order valence-corrected chi connectivity index (χ0v) is 9.50. The number of nitrogens with one attached hydrogen (secondary N) is 1. The lowest BCUT2D eigenvalue weighted by Crippen LogP contribution is -2.53. The van der Waals surface area contributed by atoms with Crippen LogP contribution in [0.4, 0.5) is 0 Å². The van der Waals surface area contributed by atoms with Gasteiger partial charge in [-0.15, -0.1) is 0 Å². The zero-order chi connectivity index (χ0) is 9.97. The van der Waals surface area contributed by atoms with E-state index in [0.29, 0.717) is 0 Å². The van der Waals surface area contributed by atoms with Gasteiger partial charge in [0.15, 0.2) is 0 Å². The van der Waals surface area contributed by atoms with Gasteiger partial charge in [0.25, 0.3) is 0 Å². The summed E-state index contributed by atoms with van der Waals surface area (Å²) >= 11 is 0. The van der Waals surface area contributed by atoms with Gasteiger partial charge in [-0.3, -0.25) is 4.90 Å². The first-order valence-corrected chi connectivity index (χ1v) is 5.93. The van der Waals surface area contributed by atoms with Gasteiger partial charge in [-0.05, 0) is 33.4 Å². The number of hydrogen-bond acceptors (Lipinski definition) is 3. The molecule has 2 unspecified atom stereocenters. The number of hydrogen-bond donors (Lipinski definition) is 1. The molecule has 2 aliphatic rings. The Labute approximate surface area is 87.4 Å². The van der Waals surface area contributed by atoms with Gasteiger partial charge in [0, 0.05) is 38.3 Å². The Kier molecular flexibility index (Phi) is 3.42. The maximum Gasteiger partial charge on any atom is 0.0222 e. The van der Waals surface area contributed by atoms with Crippen molar-refractivity contribution in [2.75, 3.05) is 39.8 Å². The van der Waals surface area contributed by atoms with Crippen LogP contribution < -0.4 is 5.32 Å². The van der Waals surface area contributed by atoms with Crippen LogP contribution in [0.1, 0.15) is 19.8 Å². The van der Waals surface area contributed by atoms with Crippen LogP contribution in [0.3, 0.4) is 0 Å². The van der Waals surface area contributed by atoms with Crippen LogP contribution >= 0.6 is 0 Å². The summed E-state index contributed by atoms with van der Waals surface area (Å²) in [6.45, 7) is 8.57. The third kappa shape index (κ3) is 2.27. The highest BCUT2D eigenvalue weighted by atomic mass is 15.3. The molecule has 0 bridgehead atoms. The van der Waals surface area contributed by atoms with Crippen molar-refractivity contribution >= 4 is 0 Å². The van der Waals surface area contributed by atoms with Gasteiger partial charge in [-0.1, -0.05) is 0 Å². The molecule has 1 N–H and O–H groups in total. The van der Waals surface area contributed by atoms with Crippen molar-refractivity contribution in [1.82, 2.24) is 15.1 Å². The van der Waals surface area contributed by atoms with Gasteiger partial charge in [-0.2, -0.15) is 0 Å². The highest BCUT2D eigenvalue weighted by molar-refractivity contribution is 4.87. The fraction of sp³-hybridized carbons (Fsp3) is 1.00. The third-order valence-electron chi connectivity index (χ3n) is 3.79. The van der Waals surface area contributed by atoms with Crippen molar-refractivity contribution in [1.29, 1.82) is 0 Å². The summed E-state index contributed by atoms with van der Waals surface area (Å²) in [4.78, 5) is 5.06. The van der Waals surface area contributed by atoms with E-state index < -0.39 is 0 Å². The lowest BCUT2D eigenvalue weighted by molar-refractivity contribution is 0.103. The summed E-state index contributed by atoms with van der Waals surface area (Å²) in [7, 11) is 2.22. The Hall–Kier alpha value is -0.120. The Morgan fingerprint density at radius 3 is 2.50 bits per heavy atom. The highest BCUT2D eigenvalue weighted by Crippen LogP contribution is 2.15. The molecule has 0 aliphatic carbocycles. The summed E-state index contributed by atoms with van der Waals surface area (Å²) in [5.41, 5.74) is 0. The first-order valence-electron chi connectivity index (χ1n) is 5.93. The van der Waals surface area contributed by atoms with Gasteiger partial charge in [0.05, 0.1) is 0 Å². The quantitative estimate of drug-likeness (QED) is 0.690. The zero-order valence-electron chi connectivity index (χ0n) is 9.50. The normalized spacial score (nSPS) is 33.4. The van der Waals surface area contributed by atoms with Crippen molar-refractivity contribution in [3.05, 3.63) is 0 Å². The summed E-state index contributed by atoms with van der Waals surface area (Å²) < 4.78 is 0. The topological polar surface area (TPSA) is 18.5 Å². The fourth-order valence-corrected chi connectivity index (χ4v) is 2.61. The first kappa shape index (κ1) is 10.4. The Bertz CT molecular complexity index is 169. The molecular weight excluding hydrogens is 174 g/mol. The van der Waals surface area contributed by atoms with Gasteiger partial charge in [0.2, 0.25) is 0 Å². The molecule has 2 rings (SSSR count). The smallest absolute Gasteiger partial charge is 0.0222 e. The molecule has 3 nitrogen and oxygen atoms in total. The van der Waals surface area contributed by atoms with Gasteiger partial charge in [0.1, 0.15) is 0 Å². The van der Waals surface area contributed by atoms with E-state index in [1.807, 2.05) is 0 Å². The number of nitrogens with zero attached hydrogens (tertiary/aromatic N) is 2. The minimum absolute atomic E-state index is 0.728. The molecule has 2 atom stereocenters. The third-order valence-corrected chi connectivity index (χ3v) is 3.79. The van der Waals surface area contributed by atoms with Gasteiger partial charge < -0.3 is 10.2 Å². The second kappa shape index (κ2) is 4.60. The first-order chi connectivity index (χ1) is 6.77. The second-order valence-corrected chi connectivity index (χ2v) is 4.78. The van der Waals surface area contributed by atoms with E-state index in [4.69, 9.17) is 0 Å². The Morgan fingerprint density at radius 2 is 1.93 bits per heavy atom. The molecule has 2 heterocycles. The molecule has 0 saturated carbocycles. The van der Waals surface area contributed by atoms with Crippen molar-refractivity contribution < 1.29 is 0 Å². The van der Waals surface area contributed by atoms with Crippen molar-refractivity contribution in [2.24, 2.45) is 0 Å². The van der Waals surface area contributed by atoms with E-state index in [1.165, 1.54) is 45.6 Å². The minimum atomic E-state index is 0.728.